The Morgan fingerprint density at radius 2 is 2.13 bits per heavy atom. The van der Waals surface area contributed by atoms with Crippen LogP contribution in [0.15, 0.2) is 24.3 Å². The van der Waals surface area contributed by atoms with E-state index in [9.17, 15) is 9.18 Å². The molecule has 0 aliphatic carbocycles. The molecule has 1 aliphatic heterocycles. The van der Waals surface area contributed by atoms with Gasteiger partial charge in [-0.3, -0.25) is 0 Å². The van der Waals surface area contributed by atoms with Gasteiger partial charge in [-0.15, -0.1) is 0 Å². The molecule has 1 saturated heterocycles. The number of nitrogens with zero attached hydrogens (tertiary/aromatic N) is 2. The number of carbonyl (C=O) groups is 1. The highest BCUT2D eigenvalue weighted by molar-refractivity contribution is 5.74. The fourth-order valence-electron chi connectivity index (χ4n) is 2.78. The summed E-state index contributed by atoms with van der Waals surface area (Å²) in [5.74, 6) is 0.848. The van der Waals surface area contributed by atoms with Gasteiger partial charge in [0.1, 0.15) is 18.2 Å². The minimum absolute atomic E-state index is 0.0403. The summed E-state index contributed by atoms with van der Waals surface area (Å²) < 4.78 is 18.4. The molecule has 0 saturated carbocycles. The summed E-state index contributed by atoms with van der Waals surface area (Å²) in [5, 5.41) is 2.95. The number of urea groups is 1. The van der Waals surface area contributed by atoms with Crippen LogP contribution in [0.3, 0.4) is 0 Å². The van der Waals surface area contributed by atoms with E-state index in [1.807, 2.05) is 11.8 Å². The first-order chi connectivity index (χ1) is 10.9. The van der Waals surface area contributed by atoms with Crippen LogP contribution in [0.1, 0.15) is 13.3 Å². The maximum Gasteiger partial charge on any atom is 0.317 e. The van der Waals surface area contributed by atoms with E-state index >= 15 is 0 Å². The number of halogens is 1. The molecule has 0 radical (unpaired) electrons. The van der Waals surface area contributed by atoms with E-state index in [4.69, 9.17) is 4.74 Å². The summed E-state index contributed by atoms with van der Waals surface area (Å²) in [7, 11) is 4.11. The quantitative estimate of drug-likeness (QED) is 0.873. The molecule has 1 aromatic carbocycles. The Labute approximate surface area is 137 Å². The van der Waals surface area contributed by atoms with E-state index in [0.717, 1.165) is 26.1 Å². The fourth-order valence-corrected chi connectivity index (χ4v) is 2.78. The molecule has 2 atom stereocenters. The van der Waals surface area contributed by atoms with E-state index in [1.54, 1.807) is 12.1 Å². The lowest BCUT2D eigenvalue weighted by atomic mass is 10.1. The number of carbonyl (C=O) groups excluding carboxylic acids is 1. The second-order valence-corrected chi connectivity index (χ2v) is 6.48. The lowest BCUT2D eigenvalue weighted by Gasteiger charge is -2.22. The zero-order valence-corrected chi connectivity index (χ0v) is 14.1. The second-order valence-electron chi connectivity index (χ2n) is 6.48. The predicted octanol–water partition coefficient (Wildman–Crippen LogP) is 2.19. The van der Waals surface area contributed by atoms with Gasteiger partial charge in [-0.05, 0) is 57.6 Å². The number of hydrogen-bond donors (Lipinski definition) is 1. The molecule has 128 valence electrons. The Balaban J connectivity index is 1.71. The van der Waals surface area contributed by atoms with Gasteiger partial charge in [0, 0.05) is 19.6 Å². The highest BCUT2D eigenvalue weighted by atomic mass is 19.1. The normalized spacial score (nSPS) is 19.0. The third-order valence-corrected chi connectivity index (χ3v) is 3.88. The Morgan fingerprint density at radius 1 is 1.43 bits per heavy atom. The van der Waals surface area contributed by atoms with Gasteiger partial charge in [-0.2, -0.15) is 0 Å². The van der Waals surface area contributed by atoms with E-state index in [1.165, 1.54) is 12.1 Å². The van der Waals surface area contributed by atoms with Crippen molar-refractivity contribution in [2.75, 3.05) is 40.3 Å². The number of amides is 2. The van der Waals surface area contributed by atoms with Crippen molar-refractivity contribution in [2.45, 2.75) is 19.4 Å². The van der Waals surface area contributed by atoms with Crippen molar-refractivity contribution >= 4 is 6.03 Å². The van der Waals surface area contributed by atoms with Crippen molar-refractivity contribution in [3.05, 3.63) is 30.1 Å². The van der Waals surface area contributed by atoms with Crippen LogP contribution >= 0.6 is 0 Å². The zero-order chi connectivity index (χ0) is 16.8. The van der Waals surface area contributed by atoms with Crippen molar-refractivity contribution in [3.8, 4) is 5.75 Å². The van der Waals surface area contributed by atoms with Crippen molar-refractivity contribution in [1.29, 1.82) is 0 Å². The maximum absolute atomic E-state index is 12.8. The highest BCUT2D eigenvalue weighted by Gasteiger charge is 2.27. The summed E-state index contributed by atoms with van der Waals surface area (Å²) in [6, 6.07) is 5.72. The monoisotopic (exact) mass is 323 g/mol. The van der Waals surface area contributed by atoms with Gasteiger partial charge < -0.3 is 19.9 Å². The van der Waals surface area contributed by atoms with E-state index in [2.05, 4.69) is 24.3 Å². The van der Waals surface area contributed by atoms with Crippen LogP contribution < -0.4 is 10.1 Å². The first-order valence-corrected chi connectivity index (χ1v) is 8.02. The molecule has 1 fully saturated rings. The SMILES string of the molecule is C[C@@H](COc1ccc(F)cc1)NC(=O)N1CC[C@@H](CN(C)C)C1. The molecular weight excluding hydrogens is 297 g/mol. The average Bonchev–Trinajstić information content (AvgIpc) is 2.94. The molecule has 0 aromatic heterocycles. The maximum atomic E-state index is 12.8. The van der Waals surface area contributed by atoms with Gasteiger partial charge >= 0.3 is 6.03 Å². The minimum atomic E-state index is -0.292. The third-order valence-electron chi connectivity index (χ3n) is 3.88. The van der Waals surface area contributed by atoms with Crippen LogP contribution in [0.5, 0.6) is 5.75 Å². The summed E-state index contributed by atoms with van der Waals surface area (Å²) in [6.07, 6.45) is 1.05. The second kappa shape index (κ2) is 8.15. The highest BCUT2D eigenvalue weighted by Crippen LogP contribution is 2.17. The predicted molar refractivity (Wildman–Crippen MR) is 88.1 cm³/mol. The Kier molecular flexibility index (Phi) is 6.21. The van der Waals surface area contributed by atoms with Gasteiger partial charge in [0.15, 0.2) is 0 Å². The topological polar surface area (TPSA) is 44.8 Å². The average molecular weight is 323 g/mol. The standard InChI is InChI=1S/C17H26FN3O2/c1-13(12-23-16-6-4-15(18)5-7-16)19-17(22)21-9-8-14(11-21)10-20(2)3/h4-7,13-14H,8-12H2,1-3H3,(H,19,22)/t13-,14-/m0/s1. The molecule has 1 aromatic rings. The van der Waals surface area contributed by atoms with Crippen molar-refractivity contribution in [1.82, 2.24) is 15.1 Å². The van der Waals surface area contributed by atoms with Crippen LogP contribution in [0.4, 0.5) is 9.18 Å². The lowest BCUT2D eigenvalue weighted by molar-refractivity contribution is 0.194. The fraction of sp³-hybridized carbons (Fsp3) is 0.588. The molecule has 5 nitrogen and oxygen atoms in total. The number of ether oxygens (including phenoxy) is 1. The van der Waals surface area contributed by atoms with E-state index in [-0.39, 0.29) is 17.9 Å². The van der Waals surface area contributed by atoms with E-state index in [0.29, 0.717) is 18.3 Å². The molecular formula is C17H26FN3O2. The Hall–Kier alpha value is -1.82. The smallest absolute Gasteiger partial charge is 0.317 e. The van der Waals surface area contributed by atoms with Gasteiger partial charge in [0.05, 0.1) is 6.04 Å². The van der Waals surface area contributed by atoms with Gasteiger partial charge in [-0.25, -0.2) is 9.18 Å². The lowest BCUT2D eigenvalue weighted by Crippen LogP contribution is -2.45. The molecule has 1 heterocycles. The first kappa shape index (κ1) is 17.5. The van der Waals surface area contributed by atoms with Crippen LogP contribution in [0.2, 0.25) is 0 Å². The molecule has 6 heteroatoms. The molecule has 0 bridgehead atoms. The summed E-state index contributed by atoms with van der Waals surface area (Å²) in [4.78, 5) is 16.3. The Morgan fingerprint density at radius 3 is 2.78 bits per heavy atom. The van der Waals surface area contributed by atoms with Gasteiger partial charge in [0.2, 0.25) is 0 Å². The largest absolute Gasteiger partial charge is 0.491 e. The van der Waals surface area contributed by atoms with Gasteiger partial charge in [0.25, 0.3) is 0 Å². The summed E-state index contributed by atoms with van der Waals surface area (Å²) in [5.41, 5.74) is 0. The Bertz CT molecular complexity index is 507. The number of likely N-dealkylation sites (tertiary alicyclic amines) is 1. The zero-order valence-electron chi connectivity index (χ0n) is 14.1. The van der Waals surface area contributed by atoms with Crippen molar-refractivity contribution < 1.29 is 13.9 Å². The van der Waals surface area contributed by atoms with Crippen LogP contribution in [0, 0.1) is 11.7 Å². The number of benzene rings is 1. The summed E-state index contributed by atoms with van der Waals surface area (Å²) >= 11 is 0. The van der Waals surface area contributed by atoms with E-state index < -0.39 is 0 Å². The minimum Gasteiger partial charge on any atom is -0.491 e. The van der Waals surface area contributed by atoms with Crippen molar-refractivity contribution in [2.24, 2.45) is 5.92 Å². The molecule has 0 unspecified atom stereocenters. The number of nitrogens with one attached hydrogen (secondary N) is 1. The van der Waals surface area contributed by atoms with Gasteiger partial charge in [-0.1, -0.05) is 0 Å². The van der Waals surface area contributed by atoms with Crippen molar-refractivity contribution in [3.63, 3.8) is 0 Å². The van der Waals surface area contributed by atoms with Crippen LogP contribution in [-0.4, -0.2) is 62.2 Å². The number of rotatable bonds is 6. The molecule has 2 amide bonds. The summed E-state index contributed by atoms with van der Waals surface area (Å²) in [6.45, 7) is 4.86. The first-order valence-electron chi connectivity index (χ1n) is 8.02. The molecule has 1 N–H and O–H groups in total. The molecule has 2 rings (SSSR count). The molecule has 23 heavy (non-hydrogen) atoms. The molecule has 0 spiro atoms. The molecule has 1 aliphatic rings. The number of hydrogen-bond acceptors (Lipinski definition) is 3. The van der Waals surface area contributed by atoms with Crippen LogP contribution in [0.25, 0.3) is 0 Å². The third kappa shape index (κ3) is 5.71. The van der Waals surface area contributed by atoms with Crippen LogP contribution in [-0.2, 0) is 0 Å².